The van der Waals surface area contributed by atoms with Gasteiger partial charge in [0.2, 0.25) is 0 Å². The molecule has 1 fully saturated rings. The number of hydrogen-bond donors (Lipinski definition) is 2. The predicted molar refractivity (Wildman–Crippen MR) is 77.8 cm³/mol. The Bertz CT molecular complexity index is 435. The molecule has 1 aromatic rings. The van der Waals surface area contributed by atoms with Gasteiger partial charge in [-0.15, -0.1) is 0 Å². The minimum absolute atomic E-state index is 0.490. The summed E-state index contributed by atoms with van der Waals surface area (Å²) in [7, 11) is 3.42. The van der Waals surface area contributed by atoms with Crippen molar-refractivity contribution in [3.05, 3.63) is 22.2 Å². The zero-order valence-electron chi connectivity index (χ0n) is 11.3. The maximum atomic E-state index is 10.1. The van der Waals surface area contributed by atoms with E-state index < -0.39 is 6.10 Å². The largest absolute Gasteiger partial charge is 0.493 e. The molecule has 0 bridgehead atoms. The Balaban J connectivity index is 2.17. The first-order valence-corrected chi connectivity index (χ1v) is 7.28. The summed E-state index contributed by atoms with van der Waals surface area (Å²) in [6, 6.07) is 3.70. The number of benzene rings is 1. The highest BCUT2D eigenvalue weighted by atomic mass is 79.9. The van der Waals surface area contributed by atoms with E-state index in [0.29, 0.717) is 18.2 Å². The van der Waals surface area contributed by atoms with E-state index in [1.807, 2.05) is 19.2 Å². The summed E-state index contributed by atoms with van der Waals surface area (Å²) in [5.41, 5.74) is 0.796. The molecular formula is C14H20BrNO3. The zero-order valence-corrected chi connectivity index (χ0v) is 12.9. The Morgan fingerprint density at radius 1 is 1.42 bits per heavy atom. The summed E-state index contributed by atoms with van der Waals surface area (Å²) >= 11 is 3.48. The molecule has 1 unspecified atom stereocenters. The van der Waals surface area contributed by atoms with Gasteiger partial charge in [-0.1, -0.05) is 15.9 Å². The highest BCUT2D eigenvalue weighted by molar-refractivity contribution is 9.10. The van der Waals surface area contributed by atoms with Crippen molar-refractivity contribution in [1.82, 2.24) is 5.32 Å². The van der Waals surface area contributed by atoms with Crippen molar-refractivity contribution in [3.63, 3.8) is 0 Å². The fourth-order valence-electron chi connectivity index (χ4n) is 1.87. The molecule has 5 heteroatoms. The summed E-state index contributed by atoms with van der Waals surface area (Å²) < 4.78 is 12.0. The van der Waals surface area contributed by atoms with Gasteiger partial charge in [0, 0.05) is 11.0 Å². The maximum absolute atomic E-state index is 10.1. The first-order valence-electron chi connectivity index (χ1n) is 6.48. The Morgan fingerprint density at radius 3 is 2.74 bits per heavy atom. The summed E-state index contributed by atoms with van der Waals surface area (Å²) in [5, 5.41) is 13.0. The number of aliphatic hydroxyl groups excluding tert-OH is 1. The summed E-state index contributed by atoms with van der Waals surface area (Å²) in [4.78, 5) is 0. The van der Waals surface area contributed by atoms with Crippen LogP contribution >= 0.6 is 15.9 Å². The molecule has 2 rings (SSSR count). The molecule has 0 spiro atoms. The molecule has 1 atom stereocenters. The van der Waals surface area contributed by atoms with Crippen molar-refractivity contribution < 1.29 is 14.6 Å². The van der Waals surface area contributed by atoms with Gasteiger partial charge < -0.3 is 19.9 Å². The Kier molecular flexibility index (Phi) is 5.07. The Hall–Kier alpha value is -0.780. The number of ether oxygens (including phenoxy) is 2. The number of methoxy groups -OCH3 is 1. The quantitative estimate of drug-likeness (QED) is 0.807. The number of aliphatic hydroxyl groups is 1. The zero-order chi connectivity index (χ0) is 13.8. The number of hydrogen-bond acceptors (Lipinski definition) is 4. The van der Waals surface area contributed by atoms with Crippen LogP contribution in [0.2, 0.25) is 0 Å². The topological polar surface area (TPSA) is 50.7 Å². The van der Waals surface area contributed by atoms with E-state index in [2.05, 4.69) is 21.2 Å². The average molecular weight is 330 g/mol. The van der Waals surface area contributed by atoms with Gasteiger partial charge >= 0.3 is 0 Å². The number of halogens is 1. The lowest BCUT2D eigenvalue weighted by Crippen LogP contribution is -2.17. The van der Waals surface area contributed by atoms with Crippen molar-refractivity contribution in [2.24, 2.45) is 5.92 Å². The molecule has 1 saturated carbocycles. The molecule has 106 valence electrons. The van der Waals surface area contributed by atoms with Crippen LogP contribution in [-0.4, -0.2) is 32.4 Å². The fraction of sp³-hybridized carbons (Fsp3) is 0.571. The second-order valence-electron chi connectivity index (χ2n) is 4.85. The SMILES string of the molecule is CNCC(O)c1cc(OC)c(OCC2CC2)cc1Br. The third-order valence-electron chi connectivity index (χ3n) is 3.21. The highest BCUT2D eigenvalue weighted by Gasteiger charge is 2.23. The molecule has 1 aliphatic rings. The van der Waals surface area contributed by atoms with Gasteiger partial charge in [-0.2, -0.15) is 0 Å². The van der Waals surface area contributed by atoms with E-state index in [1.54, 1.807) is 7.11 Å². The van der Waals surface area contributed by atoms with E-state index in [4.69, 9.17) is 9.47 Å². The monoisotopic (exact) mass is 329 g/mol. The van der Waals surface area contributed by atoms with Crippen LogP contribution in [0.4, 0.5) is 0 Å². The molecular weight excluding hydrogens is 310 g/mol. The van der Waals surface area contributed by atoms with Gasteiger partial charge in [0.25, 0.3) is 0 Å². The molecule has 2 N–H and O–H groups in total. The third kappa shape index (κ3) is 3.84. The van der Waals surface area contributed by atoms with Crippen molar-refractivity contribution >= 4 is 15.9 Å². The normalized spacial score (nSPS) is 16.2. The van der Waals surface area contributed by atoms with E-state index in [0.717, 1.165) is 22.4 Å². The molecule has 0 aliphatic heterocycles. The van der Waals surface area contributed by atoms with Crippen LogP contribution < -0.4 is 14.8 Å². The third-order valence-corrected chi connectivity index (χ3v) is 3.90. The molecule has 4 nitrogen and oxygen atoms in total. The van der Waals surface area contributed by atoms with Crippen LogP contribution in [-0.2, 0) is 0 Å². The van der Waals surface area contributed by atoms with Crippen molar-refractivity contribution in [2.75, 3.05) is 27.3 Å². The molecule has 19 heavy (non-hydrogen) atoms. The van der Waals surface area contributed by atoms with Crippen molar-refractivity contribution in [1.29, 1.82) is 0 Å². The van der Waals surface area contributed by atoms with Crippen molar-refractivity contribution in [3.8, 4) is 11.5 Å². The van der Waals surface area contributed by atoms with Gasteiger partial charge in [-0.3, -0.25) is 0 Å². The summed E-state index contributed by atoms with van der Waals surface area (Å²) in [6.45, 7) is 1.23. The van der Waals surface area contributed by atoms with E-state index in [9.17, 15) is 5.11 Å². The van der Waals surface area contributed by atoms with Crippen LogP contribution in [0, 0.1) is 5.92 Å². The second kappa shape index (κ2) is 6.59. The predicted octanol–water partition coefficient (Wildman–Crippen LogP) is 2.50. The maximum Gasteiger partial charge on any atom is 0.162 e. The van der Waals surface area contributed by atoms with Crippen LogP contribution in [0.15, 0.2) is 16.6 Å². The van der Waals surface area contributed by atoms with Crippen LogP contribution in [0.3, 0.4) is 0 Å². The molecule has 0 heterocycles. The molecule has 0 aromatic heterocycles. The smallest absolute Gasteiger partial charge is 0.162 e. The number of rotatable bonds is 7. The molecule has 0 saturated heterocycles. The van der Waals surface area contributed by atoms with E-state index >= 15 is 0 Å². The minimum Gasteiger partial charge on any atom is -0.493 e. The average Bonchev–Trinajstić information content (AvgIpc) is 3.20. The number of likely N-dealkylation sites (N-methyl/N-ethyl adjacent to an activating group) is 1. The highest BCUT2D eigenvalue weighted by Crippen LogP contribution is 2.37. The summed E-state index contributed by atoms with van der Waals surface area (Å²) in [6.07, 6.45) is 1.93. The number of nitrogens with one attached hydrogen (secondary N) is 1. The molecule has 1 aromatic carbocycles. The van der Waals surface area contributed by atoms with Gasteiger partial charge in [-0.05, 0) is 43.5 Å². The lowest BCUT2D eigenvalue weighted by Gasteiger charge is -2.17. The van der Waals surface area contributed by atoms with E-state index in [1.165, 1.54) is 12.8 Å². The summed E-state index contributed by atoms with van der Waals surface area (Å²) in [5.74, 6) is 2.08. The van der Waals surface area contributed by atoms with Gasteiger partial charge in [0.1, 0.15) is 0 Å². The van der Waals surface area contributed by atoms with Crippen LogP contribution in [0.5, 0.6) is 11.5 Å². The van der Waals surface area contributed by atoms with E-state index in [-0.39, 0.29) is 0 Å². The lowest BCUT2D eigenvalue weighted by molar-refractivity contribution is 0.176. The second-order valence-corrected chi connectivity index (χ2v) is 5.71. The fourth-order valence-corrected chi connectivity index (χ4v) is 2.46. The Morgan fingerprint density at radius 2 is 2.16 bits per heavy atom. The lowest BCUT2D eigenvalue weighted by atomic mass is 10.1. The first kappa shape index (κ1) is 14.6. The standard InChI is InChI=1S/C14H20BrNO3/c1-16-7-12(17)10-5-13(18-2)14(6-11(10)15)19-8-9-3-4-9/h5-6,9,12,16-17H,3-4,7-8H2,1-2H3. The van der Waals surface area contributed by atoms with Gasteiger partial charge in [0.15, 0.2) is 11.5 Å². The molecule has 0 amide bonds. The molecule has 0 radical (unpaired) electrons. The van der Waals surface area contributed by atoms with Crippen molar-refractivity contribution in [2.45, 2.75) is 18.9 Å². The van der Waals surface area contributed by atoms with Gasteiger partial charge in [-0.25, -0.2) is 0 Å². The van der Waals surface area contributed by atoms with Gasteiger partial charge in [0.05, 0.1) is 19.8 Å². The van der Waals surface area contributed by atoms with Crippen LogP contribution in [0.1, 0.15) is 24.5 Å². The Labute approximate surface area is 122 Å². The first-order chi connectivity index (χ1) is 9.15. The minimum atomic E-state index is -0.578. The molecule has 1 aliphatic carbocycles. The van der Waals surface area contributed by atoms with Crippen LogP contribution in [0.25, 0.3) is 0 Å².